The zero-order valence-electron chi connectivity index (χ0n) is 13.5. The molecule has 2 saturated heterocycles. The van der Waals surface area contributed by atoms with Crippen molar-refractivity contribution in [3.05, 3.63) is 0 Å². The molecule has 0 aliphatic carbocycles. The van der Waals surface area contributed by atoms with Gasteiger partial charge < -0.3 is 20.2 Å². The van der Waals surface area contributed by atoms with E-state index in [1.54, 1.807) is 13.8 Å². The summed E-state index contributed by atoms with van der Waals surface area (Å²) >= 11 is 0. The molecular weight excluding hydrogens is 304 g/mol. The lowest BCUT2D eigenvalue weighted by molar-refractivity contribution is -0.147. The number of nitrogens with zero attached hydrogens (tertiary/aromatic N) is 3. The van der Waals surface area contributed by atoms with Gasteiger partial charge in [-0.25, -0.2) is 9.59 Å². The maximum absolute atomic E-state index is 12.4. The summed E-state index contributed by atoms with van der Waals surface area (Å²) in [6, 6.07) is -1.77. The Morgan fingerprint density at radius 1 is 1.30 bits per heavy atom. The van der Waals surface area contributed by atoms with Crippen molar-refractivity contribution in [1.29, 1.82) is 0 Å². The van der Waals surface area contributed by atoms with Gasteiger partial charge in [0.25, 0.3) is 0 Å². The van der Waals surface area contributed by atoms with Crippen LogP contribution in [0.15, 0.2) is 0 Å². The zero-order valence-corrected chi connectivity index (χ0v) is 13.5. The van der Waals surface area contributed by atoms with E-state index in [0.29, 0.717) is 6.54 Å². The quantitative estimate of drug-likeness (QED) is 0.494. The molecule has 0 radical (unpaired) electrons. The topological polar surface area (TPSA) is 120 Å². The molecule has 9 nitrogen and oxygen atoms in total. The summed E-state index contributed by atoms with van der Waals surface area (Å²) in [6.45, 7) is 4.13. The average molecular weight is 326 g/mol. The molecule has 4 amide bonds. The number of aliphatic carboxylic acids is 1. The fourth-order valence-electron chi connectivity index (χ4n) is 2.73. The van der Waals surface area contributed by atoms with E-state index in [9.17, 15) is 24.3 Å². The van der Waals surface area contributed by atoms with E-state index >= 15 is 0 Å². The predicted octanol–water partition coefficient (Wildman–Crippen LogP) is -1.21. The first kappa shape index (κ1) is 17.2. The number of piperazine rings is 1. The Morgan fingerprint density at radius 3 is 2.35 bits per heavy atom. The number of hydrogen-bond acceptors (Lipinski definition) is 5. The highest BCUT2D eigenvalue weighted by Crippen LogP contribution is 2.15. The Balaban J connectivity index is 2.00. The number of rotatable bonds is 4. The number of urea groups is 1. The second kappa shape index (κ2) is 6.53. The molecule has 2 atom stereocenters. The van der Waals surface area contributed by atoms with Gasteiger partial charge in [0.1, 0.15) is 12.6 Å². The SMILES string of the molecule is CC(C)[C@@H](C(=O)O)N(C)C(=O)N1CCN(C(=O)[C@@H]2CN2)C(=O)C1. The number of nitrogens with one attached hydrogen (secondary N) is 1. The third-order valence-corrected chi connectivity index (χ3v) is 4.07. The van der Waals surface area contributed by atoms with Crippen molar-refractivity contribution in [2.45, 2.75) is 25.9 Å². The summed E-state index contributed by atoms with van der Waals surface area (Å²) in [6.07, 6.45) is 0. The molecule has 2 aliphatic heterocycles. The summed E-state index contributed by atoms with van der Waals surface area (Å²) in [5, 5.41) is 12.1. The van der Waals surface area contributed by atoms with E-state index < -0.39 is 23.9 Å². The van der Waals surface area contributed by atoms with Crippen molar-refractivity contribution >= 4 is 23.8 Å². The Bertz CT molecular complexity index is 531. The normalized spacial score (nSPS) is 22.1. The van der Waals surface area contributed by atoms with E-state index in [2.05, 4.69) is 5.32 Å². The summed E-state index contributed by atoms with van der Waals surface area (Å²) in [5.74, 6) is -2.05. The van der Waals surface area contributed by atoms with Crippen molar-refractivity contribution in [3.8, 4) is 0 Å². The lowest BCUT2D eigenvalue weighted by Gasteiger charge is -2.37. The number of amides is 4. The van der Waals surface area contributed by atoms with Gasteiger partial charge in [0.05, 0.1) is 6.04 Å². The molecule has 0 saturated carbocycles. The molecule has 9 heteroatoms. The van der Waals surface area contributed by atoms with Gasteiger partial charge in [-0.15, -0.1) is 0 Å². The first-order valence-electron chi connectivity index (χ1n) is 7.56. The van der Waals surface area contributed by atoms with Gasteiger partial charge in [-0.1, -0.05) is 13.8 Å². The molecule has 0 bridgehead atoms. The first-order valence-corrected chi connectivity index (χ1v) is 7.56. The second-order valence-corrected chi connectivity index (χ2v) is 6.19. The third kappa shape index (κ3) is 3.61. The smallest absolute Gasteiger partial charge is 0.326 e. The Kier molecular flexibility index (Phi) is 4.88. The zero-order chi connectivity index (χ0) is 17.3. The maximum atomic E-state index is 12.4. The largest absolute Gasteiger partial charge is 0.480 e. The molecule has 2 N–H and O–H groups in total. The van der Waals surface area contributed by atoms with Gasteiger partial charge in [-0.2, -0.15) is 0 Å². The summed E-state index contributed by atoms with van der Waals surface area (Å²) in [7, 11) is 1.41. The molecule has 128 valence electrons. The molecule has 2 rings (SSSR count). The number of carboxylic acid groups (broad SMARTS) is 1. The average Bonchev–Trinajstić information content (AvgIpc) is 3.29. The van der Waals surface area contributed by atoms with E-state index in [4.69, 9.17) is 0 Å². The third-order valence-electron chi connectivity index (χ3n) is 4.07. The number of carboxylic acids is 1. The molecule has 2 heterocycles. The standard InChI is InChI=1S/C14H22N4O5/c1-8(2)11(13(21)22)16(3)14(23)17-4-5-18(10(19)7-17)12(20)9-6-15-9/h8-9,11,15H,4-7H2,1-3H3,(H,21,22)/t9-,11-/m0/s1. The van der Waals surface area contributed by atoms with E-state index in [1.807, 2.05) is 0 Å². The minimum atomic E-state index is -1.09. The number of carbonyl (C=O) groups excluding carboxylic acids is 3. The van der Waals surface area contributed by atoms with Gasteiger partial charge >= 0.3 is 12.0 Å². The minimum Gasteiger partial charge on any atom is -0.480 e. The van der Waals surface area contributed by atoms with Crippen LogP contribution in [0.2, 0.25) is 0 Å². The van der Waals surface area contributed by atoms with Crippen LogP contribution in [0.25, 0.3) is 0 Å². The monoisotopic (exact) mass is 326 g/mol. The van der Waals surface area contributed by atoms with Crippen LogP contribution < -0.4 is 5.32 Å². The number of hydrogen-bond donors (Lipinski definition) is 2. The predicted molar refractivity (Wildman–Crippen MR) is 79.5 cm³/mol. The van der Waals surface area contributed by atoms with Crippen molar-refractivity contribution in [2.75, 3.05) is 33.2 Å². The number of imide groups is 1. The van der Waals surface area contributed by atoms with Crippen LogP contribution in [0.3, 0.4) is 0 Å². The number of likely N-dealkylation sites (N-methyl/N-ethyl adjacent to an activating group) is 1. The fraction of sp³-hybridized carbons (Fsp3) is 0.714. The second-order valence-electron chi connectivity index (χ2n) is 6.19. The van der Waals surface area contributed by atoms with Crippen LogP contribution in [-0.2, 0) is 14.4 Å². The number of carbonyl (C=O) groups is 4. The van der Waals surface area contributed by atoms with Crippen molar-refractivity contribution in [2.24, 2.45) is 5.92 Å². The molecule has 0 aromatic rings. The molecule has 2 aliphatic rings. The highest BCUT2D eigenvalue weighted by molar-refractivity contribution is 6.01. The molecule has 0 aromatic heterocycles. The van der Waals surface area contributed by atoms with Crippen LogP contribution in [0.4, 0.5) is 4.79 Å². The van der Waals surface area contributed by atoms with E-state index in [-0.39, 0.29) is 37.5 Å². The molecule has 23 heavy (non-hydrogen) atoms. The van der Waals surface area contributed by atoms with Crippen LogP contribution in [0.1, 0.15) is 13.8 Å². The summed E-state index contributed by atoms with van der Waals surface area (Å²) in [4.78, 5) is 51.3. The van der Waals surface area contributed by atoms with Crippen LogP contribution >= 0.6 is 0 Å². The van der Waals surface area contributed by atoms with Gasteiger partial charge in [-0.3, -0.25) is 14.5 Å². The van der Waals surface area contributed by atoms with Crippen molar-refractivity contribution < 1.29 is 24.3 Å². The fourth-order valence-corrected chi connectivity index (χ4v) is 2.73. The Morgan fingerprint density at radius 2 is 1.91 bits per heavy atom. The van der Waals surface area contributed by atoms with Crippen LogP contribution in [0.5, 0.6) is 0 Å². The van der Waals surface area contributed by atoms with Gasteiger partial charge in [-0.05, 0) is 5.92 Å². The maximum Gasteiger partial charge on any atom is 0.326 e. The van der Waals surface area contributed by atoms with E-state index in [0.717, 1.165) is 9.80 Å². The lowest BCUT2D eigenvalue weighted by Crippen LogP contribution is -2.59. The van der Waals surface area contributed by atoms with Crippen molar-refractivity contribution in [3.63, 3.8) is 0 Å². The van der Waals surface area contributed by atoms with Crippen LogP contribution in [-0.4, -0.2) is 88.9 Å². The Labute approximate surface area is 134 Å². The summed E-state index contributed by atoms with van der Waals surface area (Å²) in [5.41, 5.74) is 0. The molecular formula is C14H22N4O5. The molecule has 0 aromatic carbocycles. The highest BCUT2D eigenvalue weighted by Gasteiger charge is 2.40. The molecule has 2 fully saturated rings. The van der Waals surface area contributed by atoms with Gasteiger partial charge in [0.2, 0.25) is 11.8 Å². The first-order chi connectivity index (χ1) is 10.7. The van der Waals surface area contributed by atoms with Gasteiger partial charge in [0, 0.05) is 26.7 Å². The summed E-state index contributed by atoms with van der Waals surface area (Å²) < 4.78 is 0. The van der Waals surface area contributed by atoms with Crippen LogP contribution in [0, 0.1) is 5.92 Å². The highest BCUT2D eigenvalue weighted by atomic mass is 16.4. The van der Waals surface area contributed by atoms with Crippen molar-refractivity contribution in [1.82, 2.24) is 20.0 Å². The molecule has 0 unspecified atom stereocenters. The minimum absolute atomic E-state index is 0.134. The van der Waals surface area contributed by atoms with Gasteiger partial charge in [0.15, 0.2) is 0 Å². The molecule has 0 spiro atoms. The lowest BCUT2D eigenvalue weighted by atomic mass is 10.0. The van der Waals surface area contributed by atoms with E-state index in [1.165, 1.54) is 11.9 Å². The Hall–Kier alpha value is -2.16.